The first kappa shape index (κ1) is 12.9. The first-order chi connectivity index (χ1) is 9.24. The minimum atomic E-state index is 0.351. The average Bonchev–Trinajstić information content (AvgIpc) is 2.82. The van der Waals surface area contributed by atoms with Gasteiger partial charge in [-0.1, -0.05) is 12.1 Å². The van der Waals surface area contributed by atoms with Crippen molar-refractivity contribution < 1.29 is 4.74 Å². The second kappa shape index (κ2) is 5.51. The van der Waals surface area contributed by atoms with E-state index >= 15 is 0 Å². The van der Waals surface area contributed by atoms with Gasteiger partial charge in [-0.05, 0) is 43.4 Å². The molecule has 1 aromatic carbocycles. The topological polar surface area (TPSA) is 24.5 Å². The van der Waals surface area contributed by atoms with E-state index < -0.39 is 0 Å². The van der Waals surface area contributed by atoms with Crippen molar-refractivity contribution in [2.24, 2.45) is 0 Å². The molecule has 2 unspecified atom stereocenters. The Kier molecular flexibility index (Phi) is 3.76. The summed E-state index contributed by atoms with van der Waals surface area (Å²) in [6.45, 7) is 5.19. The van der Waals surface area contributed by atoms with E-state index in [1.807, 2.05) is 0 Å². The molecule has 1 fully saturated rings. The highest BCUT2D eigenvalue weighted by molar-refractivity contribution is 5.56. The van der Waals surface area contributed by atoms with Gasteiger partial charge in [0, 0.05) is 38.5 Å². The molecule has 3 nitrogen and oxygen atoms in total. The van der Waals surface area contributed by atoms with Crippen LogP contribution in [0.5, 0.6) is 0 Å². The van der Waals surface area contributed by atoms with Crippen molar-refractivity contribution in [3.8, 4) is 0 Å². The maximum Gasteiger partial charge on any atom is 0.0700 e. The largest absolute Gasteiger partial charge is 0.377 e. The zero-order valence-electron chi connectivity index (χ0n) is 12.0. The first-order valence-electron chi connectivity index (χ1n) is 7.42. The number of fused-ring (bicyclic) bond motifs is 1. The van der Waals surface area contributed by atoms with Crippen LogP contribution in [-0.2, 0) is 17.7 Å². The molecule has 0 amide bonds. The van der Waals surface area contributed by atoms with Crippen molar-refractivity contribution in [2.75, 3.05) is 25.1 Å². The van der Waals surface area contributed by atoms with Crippen LogP contribution in [0, 0.1) is 0 Å². The fraction of sp³-hybridized carbons (Fsp3) is 0.625. The molecular weight excluding hydrogens is 236 g/mol. The van der Waals surface area contributed by atoms with E-state index in [-0.39, 0.29) is 0 Å². The Bertz CT molecular complexity index is 446. The summed E-state index contributed by atoms with van der Waals surface area (Å²) in [6, 6.07) is 7.42. The molecule has 2 heterocycles. The summed E-state index contributed by atoms with van der Waals surface area (Å²) in [5, 5.41) is 3.63. The Morgan fingerprint density at radius 2 is 2.32 bits per heavy atom. The lowest BCUT2D eigenvalue weighted by molar-refractivity contribution is 0.113. The maximum atomic E-state index is 5.59. The Morgan fingerprint density at radius 3 is 3.11 bits per heavy atom. The Hall–Kier alpha value is -1.06. The normalized spacial score (nSPS) is 26.5. The number of nitrogens with one attached hydrogen (secondary N) is 1. The van der Waals surface area contributed by atoms with Crippen molar-refractivity contribution in [1.29, 1.82) is 0 Å². The highest BCUT2D eigenvalue weighted by Crippen LogP contribution is 2.26. The molecule has 0 saturated carbocycles. The lowest BCUT2D eigenvalue weighted by atomic mass is 9.99. The lowest BCUT2D eigenvalue weighted by Gasteiger charge is -2.28. The Labute approximate surface area is 115 Å². The molecule has 3 heteroatoms. The SMILES string of the molecule is CC1OCCC1NCc1ccc2c(c1)CCCN2C. The number of nitrogens with zero attached hydrogens (tertiary/aromatic N) is 1. The van der Waals surface area contributed by atoms with Crippen LogP contribution >= 0.6 is 0 Å². The van der Waals surface area contributed by atoms with Crippen LogP contribution in [0.4, 0.5) is 5.69 Å². The molecule has 2 atom stereocenters. The fourth-order valence-corrected chi connectivity index (χ4v) is 3.20. The molecule has 104 valence electrons. The minimum absolute atomic E-state index is 0.351. The molecular formula is C16H24N2O. The van der Waals surface area contributed by atoms with Crippen LogP contribution in [0.25, 0.3) is 0 Å². The summed E-state index contributed by atoms with van der Waals surface area (Å²) in [6.07, 6.45) is 3.97. The summed E-state index contributed by atoms with van der Waals surface area (Å²) in [4.78, 5) is 2.36. The molecule has 1 N–H and O–H groups in total. The fourth-order valence-electron chi connectivity index (χ4n) is 3.20. The Balaban J connectivity index is 1.65. The molecule has 0 radical (unpaired) electrons. The van der Waals surface area contributed by atoms with E-state index in [4.69, 9.17) is 4.74 Å². The standard InChI is InChI=1S/C16H24N2O/c1-12-15(7-9-19-12)17-11-13-5-6-16-14(10-13)4-3-8-18(16)2/h5-6,10,12,15,17H,3-4,7-9,11H2,1-2H3. The summed E-state index contributed by atoms with van der Waals surface area (Å²) >= 11 is 0. The molecule has 0 bridgehead atoms. The van der Waals surface area contributed by atoms with Crippen LogP contribution < -0.4 is 10.2 Å². The number of hydrogen-bond donors (Lipinski definition) is 1. The number of anilines is 1. The van der Waals surface area contributed by atoms with Crippen LogP contribution in [0.15, 0.2) is 18.2 Å². The minimum Gasteiger partial charge on any atom is -0.377 e. The molecule has 0 spiro atoms. The highest BCUT2D eigenvalue weighted by Gasteiger charge is 2.23. The summed E-state index contributed by atoms with van der Waals surface area (Å²) in [5.74, 6) is 0. The predicted molar refractivity (Wildman–Crippen MR) is 78.7 cm³/mol. The Morgan fingerprint density at radius 1 is 1.42 bits per heavy atom. The smallest absolute Gasteiger partial charge is 0.0700 e. The molecule has 19 heavy (non-hydrogen) atoms. The van der Waals surface area contributed by atoms with Crippen molar-refractivity contribution >= 4 is 5.69 Å². The summed E-state index contributed by atoms with van der Waals surface area (Å²) in [5.41, 5.74) is 4.31. The van der Waals surface area contributed by atoms with E-state index in [9.17, 15) is 0 Å². The van der Waals surface area contributed by atoms with Crippen LogP contribution in [-0.4, -0.2) is 32.3 Å². The number of ether oxygens (including phenoxy) is 1. The zero-order valence-corrected chi connectivity index (χ0v) is 12.0. The molecule has 0 aromatic heterocycles. The quantitative estimate of drug-likeness (QED) is 0.903. The maximum absolute atomic E-state index is 5.59. The van der Waals surface area contributed by atoms with Gasteiger partial charge in [-0.2, -0.15) is 0 Å². The molecule has 0 aliphatic carbocycles. The van der Waals surface area contributed by atoms with Gasteiger partial charge in [-0.15, -0.1) is 0 Å². The third-order valence-corrected chi connectivity index (χ3v) is 4.44. The van der Waals surface area contributed by atoms with Gasteiger partial charge < -0.3 is 15.0 Å². The van der Waals surface area contributed by atoms with Gasteiger partial charge in [-0.3, -0.25) is 0 Å². The lowest BCUT2D eigenvalue weighted by Crippen LogP contribution is -2.34. The average molecular weight is 260 g/mol. The highest BCUT2D eigenvalue weighted by atomic mass is 16.5. The molecule has 2 aliphatic rings. The number of rotatable bonds is 3. The number of aryl methyl sites for hydroxylation is 1. The van der Waals surface area contributed by atoms with Gasteiger partial charge in [0.25, 0.3) is 0 Å². The second-order valence-electron chi connectivity index (χ2n) is 5.84. The first-order valence-corrected chi connectivity index (χ1v) is 7.42. The van der Waals surface area contributed by atoms with E-state index in [1.54, 1.807) is 0 Å². The van der Waals surface area contributed by atoms with Gasteiger partial charge in [0.15, 0.2) is 0 Å². The summed E-state index contributed by atoms with van der Waals surface area (Å²) in [7, 11) is 2.19. The third kappa shape index (κ3) is 2.77. The van der Waals surface area contributed by atoms with Gasteiger partial charge in [-0.25, -0.2) is 0 Å². The number of hydrogen-bond acceptors (Lipinski definition) is 3. The molecule has 1 aromatic rings. The molecule has 3 rings (SSSR count). The predicted octanol–water partition coefficient (Wildman–Crippen LogP) is 2.34. The van der Waals surface area contributed by atoms with Crippen LogP contribution in [0.1, 0.15) is 30.9 Å². The monoisotopic (exact) mass is 260 g/mol. The van der Waals surface area contributed by atoms with Crippen molar-refractivity contribution in [3.05, 3.63) is 29.3 Å². The number of benzene rings is 1. The van der Waals surface area contributed by atoms with Gasteiger partial charge in [0.05, 0.1) is 6.10 Å². The third-order valence-electron chi connectivity index (χ3n) is 4.44. The summed E-state index contributed by atoms with van der Waals surface area (Å²) < 4.78 is 5.59. The van der Waals surface area contributed by atoms with Crippen LogP contribution in [0.2, 0.25) is 0 Å². The second-order valence-corrected chi connectivity index (χ2v) is 5.84. The van der Waals surface area contributed by atoms with E-state index in [1.165, 1.54) is 36.2 Å². The van der Waals surface area contributed by atoms with Crippen molar-refractivity contribution in [2.45, 2.75) is 44.9 Å². The molecule has 1 saturated heterocycles. The van der Waals surface area contributed by atoms with E-state index in [0.717, 1.165) is 19.6 Å². The van der Waals surface area contributed by atoms with E-state index in [2.05, 4.69) is 42.4 Å². The van der Waals surface area contributed by atoms with Crippen molar-refractivity contribution in [1.82, 2.24) is 5.32 Å². The van der Waals surface area contributed by atoms with Gasteiger partial charge in [0.1, 0.15) is 0 Å². The van der Waals surface area contributed by atoms with Crippen LogP contribution in [0.3, 0.4) is 0 Å². The van der Waals surface area contributed by atoms with Gasteiger partial charge >= 0.3 is 0 Å². The van der Waals surface area contributed by atoms with Crippen molar-refractivity contribution in [3.63, 3.8) is 0 Å². The van der Waals surface area contributed by atoms with E-state index in [0.29, 0.717) is 12.1 Å². The zero-order chi connectivity index (χ0) is 13.2. The van der Waals surface area contributed by atoms with Gasteiger partial charge in [0.2, 0.25) is 0 Å². The molecule has 2 aliphatic heterocycles.